The maximum Gasteiger partial charge on any atom is 0.286 e. The zero-order valence-electron chi connectivity index (χ0n) is 17.7. The van der Waals surface area contributed by atoms with Crippen LogP contribution in [0.15, 0.2) is 17.0 Å². The molecule has 0 spiro atoms. The average molecular weight is 444 g/mol. The van der Waals surface area contributed by atoms with E-state index in [2.05, 4.69) is 17.2 Å². The van der Waals surface area contributed by atoms with E-state index >= 15 is 0 Å². The topological polar surface area (TPSA) is 71.5 Å². The van der Waals surface area contributed by atoms with Crippen LogP contribution in [-0.2, 0) is 20.7 Å². The predicted octanol–water partition coefficient (Wildman–Crippen LogP) is 3.24. The number of ether oxygens (including phenoxy) is 1. The molecule has 30 heavy (non-hydrogen) atoms. The van der Waals surface area contributed by atoms with Gasteiger partial charge in [-0.05, 0) is 44.2 Å². The summed E-state index contributed by atoms with van der Waals surface area (Å²) >= 11 is 0. The van der Waals surface area contributed by atoms with Crippen LogP contribution in [-0.4, -0.2) is 56.6 Å². The Balaban J connectivity index is 1.48. The van der Waals surface area contributed by atoms with Gasteiger partial charge in [0.05, 0.1) is 5.69 Å². The van der Waals surface area contributed by atoms with Gasteiger partial charge in [0.2, 0.25) is 10.0 Å². The van der Waals surface area contributed by atoms with Gasteiger partial charge in [0, 0.05) is 57.1 Å². The standard InChI is InChI=1S/C21H31F2N3O3S/c1-3-21(12-24-16-8-10-29-11-9-16)13-26(14-21)30(27,28)17-6-7-18(20(2,22)23)25-19(17)15-4-5-15/h6-7,15-16,24H,3-5,8-14H2,1-2H3. The molecule has 3 aliphatic rings. The summed E-state index contributed by atoms with van der Waals surface area (Å²) < 4.78 is 60.9. The monoisotopic (exact) mass is 443 g/mol. The van der Waals surface area contributed by atoms with Crippen molar-refractivity contribution in [2.24, 2.45) is 5.41 Å². The number of hydrogen-bond acceptors (Lipinski definition) is 5. The number of alkyl halides is 2. The third-order valence-electron chi connectivity index (χ3n) is 6.68. The zero-order chi connectivity index (χ0) is 21.6. The van der Waals surface area contributed by atoms with Gasteiger partial charge in [-0.25, -0.2) is 13.4 Å². The van der Waals surface area contributed by atoms with Crippen LogP contribution in [0.3, 0.4) is 0 Å². The molecule has 0 atom stereocenters. The van der Waals surface area contributed by atoms with E-state index in [0.717, 1.165) is 64.9 Å². The molecule has 1 N–H and O–H groups in total. The molecule has 6 nitrogen and oxygen atoms in total. The van der Waals surface area contributed by atoms with E-state index in [1.54, 1.807) is 0 Å². The van der Waals surface area contributed by atoms with Crippen molar-refractivity contribution >= 4 is 10.0 Å². The summed E-state index contributed by atoms with van der Waals surface area (Å²) in [6.07, 6.45) is 4.42. The van der Waals surface area contributed by atoms with E-state index in [0.29, 0.717) is 24.8 Å². The highest BCUT2D eigenvalue weighted by atomic mass is 32.2. The van der Waals surface area contributed by atoms with Gasteiger partial charge in [-0.3, -0.25) is 0 Å². The normalized spacial score (nSPS) is 23.3. The van der Waals surface area contributed by atoms with Gasteiger partial charge < -0.3 is 10.1 Å². The van der Waals surface area contributed by atoms with Crippen molar-refractivity contribution in [2.45, 2.75) is 68.7 Å². The molecular weight excluding hydrogens is 412 g/mol. The van der Waals surface area contributed by atoms with Gasteiger partial charge in [0.15, 0.2) is 0 Å². The van der Waals surface area contributed by atoms with Gasteiger partial charge in [0.25, 0.3) is 5.92 Å². The highest BCUT2D eigenvalue weighted by Gasteiger charge is 2.48. The Hall–Kier alpha value is -1.16. The molecule has 3 fully saturated rings. The maximum absolute atomic E-state index is 13.7. The molecule has 168 valence electrons. The first-order chi connectivity index (χ1) is 14.1. The summed E-state index contributed by atoms with van der Waals surface area (Å²) in [7, 11) is -3.75. The highest BCUT2D eigenvalue weighted by molar-refractivity contribution is 7.89. The van der Waals surface area contributed by atoms with Gasteiger partial charge >= 0.3 is 0 Å². The van der Waals surface area contributed by atoms with Crippen LogP contribution in [0.2, 0.25) is 0 Å². The Labute approximate surface area is 177 Å². The second-order valence-electron chi connectivity index (χ2n) is 9.14. The number of rotatable bonds is 8. The first kappa shape index (κ1) is 22.0. The van der Waals surface area contributed by atoms with Crippen LogP contribution in [0, 0.1) is 5.41 Å². The molecule has 1 aliphatic carbocycles. The Morgan fingerprint density at radius 2 is 1.90 bits per heavy atom. The number of halogens is 2. The van der Waals surface area contributed by atoms with Crippen molar-refractivity contribution in [3.63, 3.8) is 0 Å². The van der Waals surface area contributed by atoms with Crippen LogP contribution in [0.25, 0.3) is 0 Å². The van der Waals surface area contributed by atoms with Crippen LogP contribution in [0.1, 0.15) is 63.3 Å². The summed E-state index contributed by atoms with van der Waals surface area (Å²) in [6, 6.07) is 2.90. The minimum Gasteiger partial charge on any atom is -0.381 e. The Bertz CT molecular complexity index is 872. The molecule has 2 aliphatic heterocycles. The average Bonchev–Trinajstić information content (AvgIpc) is 3.52. The summed E-state index contributed by atoms with van der Waals surface area (Å²) in [6.45, 7) is 6.06. The summed E-state index contributed by atoms with van der Waals surface area (Å²) in [4.78, 5) is 4.18. The van der Waals surface area contributed by atoms with Crippen molar-refractivity contribution in [3.05, 3.63) is 23.5 Å². The number of pyridine rings is 1. The Morgan fingerprint density at radius 1 is 1.23 bits per heavy atom. The van der Waals surface area contributed by atoms with Crippen molar-refractivity contribution < 1.29 is 21.9 Å². The van der Waals surface area contributed by atoms with Crippen molar-refractivity contribution in [3.8, 4) is 0 Å². The van der Waals surface area contributed by atoms with Crippen molar-refractivity contribution in [1.82, 2.24) is 14.6 Å². The SMILES string of the molecule is CCC1(CNC2CCOCC2)CN(S(=O)(=O)c2ccc(C(C)(F)F)nc2C2CC2)C1. The molecule has 0 unspecified atom stereocenters. The molecule has 0 aromatic carbocycles. The molecule has 1 aromatic heterocycles. The molecule has 1 aromatic rings. The summed E-state index contributed by atoms with van der Waals surface area (Å²) in [5.74, 6) is -3.12. The van der Waals surface area contributed by atoms with E-state index < -0.39 is 15.9 Å². The number of sulfonamides is 1. The van der Waals surface area contributed by atoms with E-state index in [1.807, 2.05) is 0 Å². The summed E-state index contributed by atoms with van der Waals surface area (Å²) in [5, 5.41) is 3.59. The number of nitrogens with zero attached hydrogens (tertiary/aromatic N) is 2. The molecule has 0 amide bonds. The van der Waals surface area contributed by atoms with Crippen LogP contribution in [0.4, 0.5) is 8.78 Å². The maximum atomic E-state index is 13.7. The minimum atomic E-state index is -3.75. The molecule has 3 heterocycles. The fraction of sp³-hybridized carbons (Fsp3) is 0.762. The van der Waals surface area contributed by atoms with E-state index in [4.69, 9.17) is 4.74 Å². The first-order valence-corrected chi connectivity index (χ1v) is 12.3. The minimum absolute atomic E-state index is 0.0375. The fourth-order valence-corrected chi connectivity index (χ4v) is 6.19. The second-order valence-corrected chi connectivity index (χ2v) is 11.0. The molecule has 0 bridgehead atoms. The smallest absolute Gasteiger partial charge is 0.286 e. The van der Waals surface area contributed by atoms with Gasteiger partial charge in [-0.1, -0.05) is 6.92 Å². The van der Waals surface area contributed by atoms with E-state index in [1.165, 1.54) is 10.4 Å². The number of aromatic nitrogens is 1. The molecular formula is C21H31F2N3O3S. The molecule has 2 saturated heterocycles. The van der Waals surface area contributed by atoms with Crippen molar-refractivity contribution in [2.75, 3.05) is 32.8 Å². The Kier molecular flexibility index (Phi) is 5.93. The van der Waals surface area contributed by atoms with E-state index in [9.17, 15) is 17.2 Å². The molecule has 9 heteroatoms. The van der Waals surface area contributed by atoms with Gasteiger partial charge in [-0.2, -0.15) is 13.1 Å². The van der Waals surface area contributed by atoms with Crippen LogP contribution in [0.5, 0.6) is 0 Å². The lowest BCUT2D eigenvalue weighted by Crippen LogP contribution is -2.62. The predicted molar refractivity (Wildman–Crippen MR) is 109 cm³/mol. The van der Waals surface area contributed by atoms with Crippen LogP contribution >= 0.6 is 0 Å². The number of hydrogen-bond donors (Lipinski definition) is 1. The lowest BCUT2D eigenvalue weighted by atomic mass is 9.79. The largest absolute Gasteiger partial charge is 0.381 e. The van der Waals surface area contributed by atoms with Gasteiger partial charge in [-0.15, -0.1) is 0 Å². The summed E-state index contributed by atoms with van der Waals surface area (Å²) in [5.41, 5.74) is -0.145. The third-order valence-corrected chi connectivity index (χ3v) is 8.52. The fourth-order valence-electron chi connectivity index (χ4n) is 4.31. The zero-order valence-corrected chi connectivity index (χ0v) is 18.5. The number of nitrogens with one attached hydrogen (secondary N) is 1. The lowest BCUT2D eigenvalue weighted by molar-refractivity contribution is 0.0124. The van der Waals surface area contributed by atoms with Crippen LogP contribution < -0.4 is 5.32 Å². The molecule has 0 radical (unpaired) electrons. The molecule has 4 rings (SSSR count). The quantitative estimate of drug-likeness (QED) is 0.668. The molecule has 1 saturated carbocycles. The van der Waals surface area contributed by atoms with Gasteiger partial charge in [0.1, 0.15) is 10.6 Å². The van der Waals surface area contributed by atoms with E-state index in [-0.39, 0.29) is 21.9 Å². The third kappa shape index (κ3) is 4.40. The van der Waals surface area contributed by atoms with Crippen molar-refractivity contribution in [1.29, 1.82) is 0 Å². The second kappa shape index (κ2) is 8.07. The lowest BCUT2D eigenvalue weighted by Gasteiger charge is -2.49. The first-order valence-electron chi connectivity index (χ1n) is 10.9. The highest BCUT2D eigenvalue weighted by Crippen LogP contribution is 2.45. The Morgan fingerprint density at radius 3 is 2.47 bits per heavy atom.